The normalized spacial score (nSPS) is 11.4. The molecular weight excluding hydrogens is 634 g/mol. The van der Waals surface area contributed by atoms with E-state index in [1.54, 1.807) is 79.7 Å². The maximum atomic E-state index is 13.7. The van der Waals surface area contributed by atoms with Crippen LogP contribution in [0.5, 0.6) is 11.5 Å². The Kier molecular flexibility index (Phi) is 9.43. The second-order valence-electron chi connectivity index (χ2n) is 9.82. The summed E-state index contributed by atoms with van der Waals surface area (Å²) in [5.74, 6) is 0.469. The van der Waals surface area contributed by atoms with E-state index in [4.69, 9.17) is 16.3 Å². The van der Waals surface area contributed by atoms with E-state index >= 15 is 0 Å². The van der Waals surface area contributed by atoms with Crippen LogP contribution >= 0.6 is 11.6 Å². The maximum Gasteiger partial charge on any atom is 0.264 e. The fourth-order valence-corrected chi connectivity index (χ4v) is 7.05. The van der Waals surface area contributed by atoms with Crippen LogP contribution < -0.4 is 19.1 Å². The van der Waals surface area contributed by atoms with E-state index in [9.17, 15) is 21.6 Å². The molecule has 0 aliphatic carbocycles. The number of sulfonamides is 2. The first-order valence-corrected chi connectivity index (χ1v) is 16.9. The van der Waals surface area contributed by atoms with E-state index in [0.29, 0.717) is 27.8 Å². The van der Waals surface area contributed by atoms with Gasteiger partial charge in [-0.05, 0) is 97.4 Å². The van der Waals surface area contributed by atoms with Gasteiger partial charge in [0, 0.05) is 10.7 Å². The molecule has 0 heterocycles. The largest absolute Gasteiger partial charge is 0.457 e. The third-order valence-electron chi connectivity index (χ3n) is 6.68. The molecule has 0 bridgehead atoms. The van der Waals surface area contributed by atoms with E-state index in [0.717, 1.165) is 4.31 Å². The SMILES string of the molecule is Cc1c(Cl)cccc1NS(=O)(=O)c1ccc(NC(=O)CN(c2ccc(Oc3ccccc3)cc2)S(=O)(=O)c2ccccc2)cc1. The molecule has 5 aromatic carbocycles. The van der Waals surface area contributed by atoms with Crippen LogP contribution in [0.2, 0.25) is 5.02 Å². The van der Waals surface area contributed by atoms with Gasteiger partial charge in [-0.25, -0.2) is 16.8 Å². The van der Waals surface area contributed by atoms with Gasteiger partial charge >= 0.3 is 0 Å². The second kappa shape index (κ2) is 13.4. The summed E-state index contributed by atoms with van der Waals surface area (Å²) < 4.78 is 62.6. The van der Waals surface area contributed by atoms with Gasteiger partial charge in [0.05, 0.1) is 21.2 Å². The van der Waals surface area contributed by atoms with Crippen molar-refractivity contribution in [2.24, 2.45) is 0 Å². The molecule has 0 aliphatic heterocycles. The number of ether oxygens (including phenoxy) is 1. The van der Waals surface area contributed by atoms with Crippen LogP contribution in [0.1, 0.15) is 5.56 Å². The molecule has 0 fully saturated rings. The number of carbonyl (C=O) groups excluding carboxylic acids is 1. The average Bonchev–Trinajstić information content (AvgIpc) is 3.04. The minimum Gasteiger partial charge on any atom is -0.457 e. The standard InChI is InChI=1S/C33H28ClN3O6S2/c1-24-31(34)13-8-14-32(24)36-44(39,40)29-21-15-25(16-22-29)35-33(38)23-37(45(41,42)30-11-6-3-7-12-30)26-17-19-28(20-18-26)43-27-9-4-2-5-10-27/h2-22,36H,23H2,1H3,(H,35,38). The number of benzene rings is 5. The Morgan fingerprint density at radius 1 is 0.711 bits per heavy atom. The fourth-order valence-electron chi connectivity index (χ4n) is 4.31. The summed E-state index contributed by atoms with van der Waals surface area (Å²) >= 11 is 6.11. The van der Waals surface area contributed by atoms with Crippen molar-refractivity contribution in [2.75, 3.05) is 20.9 Å². The van der Waals surface area contributed by atoms with Crippen molar-refractivity contribution in [3.05, 3.63) is 138 Å². The van der Waals surface area contributed by atoms with Crippen LogP contribution in [0.3, 0.4) is 0 Å². The van der Waals surface area contributed by atoms with E-state index in [1.165, 1.54) is 36.4 Å². The first kappa shape index (κ1) is 31.6. The lowest BCUT2D eigenvalue weighted by Gasteiger charge is -2.24. The molecule has 0 saturated carbocycles. The van der Waals surface area contributed by atoms with E-state index in [2.05, 4.69) is 10.0 Å². The average molecular weight is 662 g/mol. The molecule has 2 N–H and O–H groups in total. The van der Waals surface area contributed by atoms with Crippen molar-refractivity contribution >= 4 is 54.6 Å². The molecule has 0 aromatic heterocycles. The lowest BCUT2D eigenvalue weighted by atomic mass is 10.2. The summed E-state index contributed by atoms with van der Waals surface area (Å²) in [5.41, 5.74) is 1.46. The number of nitrogens with one attached hydrogen (secondary N) is 2. The molecule has 0 spiro atoms. The zero-order valence-electron chi connectivity index (χ0n) is 23.9. The molecule has 12 heteroatoms. The van der Waals surface area contributed by atoms with Gasteiger partial charge in [-0.1, -0.05) is 54.1 Å². The Morgan fingerprint density at radius 3 is 1.96 bits per heavy atom. The summed E-state index contributed by atoms with van der Waals surface area (Å²) in [6.45, 7) is 1.15. The molecule has 9 nitrogen and oxygen atoms in total. The zero-order chi connectivity index (χ0) is 32.0. The van der Waals surface area contributed by atoms with Gasteiger partial charge in [0.15, 0.2) is 0 Å². The van der Waals surface area contributed by atoms with Crippen LogP contribution in [0.15, 0.2) is 137 Å². The summed E-state index contributed by atoms with van der Waals surface area (Å²) in [6.07, 6.45) is 0. The summed E-state index contributed by atoms with van der Waals surface area (Å²) in [4.78, 5) is 13.2. The highest BCUT2D eigenvalue weighted by Crippen LogP contribution is 2.29. The Hall–Kier alpha value is -4.84. The number of hydrogen-bond acceptors (Lipinski definition) is 6. The lowest BCUT2D eigenvalue weighted by molar-refractivity contribution is -0.114. The topological polar surface area (TPSA) is 122 Å². The Balaban J connectivity index is 1.34. The molecule has 0 radical (unpaired) electrons. The van der Waals surface area contributed by atoms with Crippen LogP contribution in [-0.4, -0.2) is 29.3 Å². The van der Waals surface area contributed by atoms with Crippen molar-refractivity contribution in [1.29, 1.82) is 0 Å². The number of para-hydroxylation sites is 1. The molecule has 0 unspecified atom stereocenters. The number of anilines is 3. The number of amides is 1. The van der Waals surface area contributed by atoms with Gasteiger partial charge in [0.25, 0.3) is 20.0 Å². The predicted molar refractivity (Wildman–Crippen MR) is 176 cm³/mol. The minimum absolute atomic E-state index is 0.0133. The first-order chi connectivity index (χ1) is 21.5. The molecule has 0 atom stereocenters. The second-order valence-corrected chi connectivity index (χ2v) is 13.8. The van der Waals surface area contributed by atoms with E-state index in [-0.39, 0.29) is 21.2 Å². The Morgan fingerprint density at radius 2 is 1.31 bits per heavy atom. The van der Waals surface area contributed by atoms with Gasteiger partial charge in [-0.2, -0.15) is 0 Å². The third kappa shape index (κ3) is 7.63. The number of halogens is 1. The van der Waals surface area contributed by atoms with Gasteiger partial charge in [-0.3, -0.25) is 13.8 Å². The highest BCUT2D eigenvalue weighted by molar-refractivity contribution is 7.93. The zero-order valence-corrected chi connectivity index (χ0v) is 26.3. The molecule has 45 heavy (non-hydrogen) atoms. The minimum atomic E-state index is -4.14. The Labute approximate surface area is 267 Å². The third-order valence-corrected chi connectivity index (χ3v) is 10.3. The van der Waals surface area contributed by atoms with Crippen molar-refractivity contribution in [1.82, 2.24) is 0 Å². The van der Waals surface area contributed by atoms with Crippen LogP contribution in [0.25, 0.3) is 0 Å². The summed E-state index contributed by atoms with van der Waals surface area (Å²) in [7, 11) is -8.09. The maximum absolute atomic E-state index is 13.7. The molecule has 0 aliphatic rings. The smallest absolute Gasteiger partial charge is 0.264 e. The number of carbonyl (C=O) groups is 1. The summed E-state index contributed by atoms with van der Waals surface area (Å²) in [5, 5.41) is 3.08. The van der Waals surface area contributed by atoms with Crippen molar-refractivity contribution in [3.8, 4) is 11.5 Å². The van der Waals surface area contributed by atoms with Crippen LogP contribution in [0, 0.1) is 6.92 Å². The highest BCUT2D eigenvalue weighted by atomic mass is 35.5. The molecule has 230 valence electrons. The van der Waals surface area contributed by atoms with E-state index in [1.807, 2.05) is 18.2 Å². The monoisotopic (exact) mass is 661 g/mol. The van der Waals surface area contributed by atoms with Crippen LogP contribution in [-0.2, 0) is 24.8 Å². The number of nitrogens with zero attached hydrogens (tertiary/aromatic N) is 1. The quantitative estimate of drug-likeness (QED) is 0.156. The van der Waals surface area contributed by atoms with Crippen molar-refractivity contribution in [3.63, 3.8) is 0 Å². The Bertz CT molecular complexity index is 2010. The molecule has 5 rings (SSSR count). The molecular formula is C33H28ClN3O6S2. The van der Waals surface area contributed by atoms with Crippen LogP contribution in [0.4, 0.5) is 17.1 Å². The van der Waals surface area contributed by atoms with Gasteiger partial charge in [-0.15, -0.1) is 0 Å². The molecule has 1 amide bonds. The number of hydrogen-bond donors (Lipinski definition) is 2. The van der Waals surface area contributed by atoms with Gasteiger partial charge in [0.1, 0.15) is 18.0 Å². The highest BCUT2D eigenvalue weighted by Gasteiger charge is 2.27. The predicted octanol–water partition coefficient (Wildman–Crippen LogP) is 7.08. The van der Waals surface area contributed by atoms with Crippen molar-refractivity contribution in [2.45, 2.75) is 16.7 Å². The summed E-state index contributed by atoms with van der Waals surface area (Å²) in [6, 6.07) is 33.7. The lowest BCUT2D eigenvalue weighted by Crippen LogP contribution is -2.38. The molecule has 0 saturated heterocycles. The van der Waals surface area contributed by atoms with Crippen molar-refractivity contribution < 1.29 is 26.4 Å². The van der Waals surface area contributed by atoms with Gasteiger partial charge in [0.2, 0.25) is 5.91 Å². The van der Waals surface area contributed by atoms with E-state index < -0.39 is 32.5 Å². The molecule has 5 aromatic rings. The van der Waals surface area contributed by atoms with Gasteiger partial charge < -0.3 is 10.1 Å². The first-order valence-electron chi connectivity index (χ1n) is 13.6. The fraction of sp³-hybridized carbons (Fsp3) is 0.0606. The number of rotatable bonds is 11.